The van der Waals surface area contributed by atoms with Gasteiger partial charge in [-0.1, -0.05) is 108 Å². The van der Waals surface area contributed by atoms with Crippen molar-refractivity contribution in [2.75, 3.05) is 53.6 Å². The number of rotatable bonds is 20. The highest BCUT2D eigenvalue weighted by Crippen LogP contribution is 2.32. The van der Waals surface area contributed by atoms with E-state index in [2.05, 4.69) is 65.4 Å². The van der Waals surface area contributed by atoms with E-state index in [9.17, 15) is 19.2 Å². The maximum atomic E-state index is 13.8. The van der Waals surface area contributed by atoms with E-state index in [1.54, 1.807) is 47.1 Å². The SMILES string of the molecule is CC(C)(C)OC(=O)N[C@@H](CC(=O)O)Cc1ccc2ccccc2c1.COCCCn1c(C2CCCN(C(=O)C[C@@H](Cc3ccc4ccccc4c3)NC(=O)OC(C)(C)C)C2)nc2ccc(Cl)nc21.COCCCn1c(C2CCCNC2)nc2ccc(Cl)nc21. The van der Waals surface area contributed by atoms with Gasteiger partial charge in [0.2, 0.25) is 5.91 Å². The number of fused-ring (bicyclic) bond motifs is 4. The van der Waals surface area contributed by atoms with Gasteiger partial charge in [-0.25, -0.2) is 29.5 Å². The summed E-state index contributed by atoms with van der Waals surface area (Å²) in [5, 5.41) is 23.6. The van der Waals surface area contributed by atoms with Crippen LogP contribution in [0.15, 0.2) is 109 Å². The van der Waals surface area contributed by atoms with Crippen molar-refractivity contribution >= 4 is 91.1 Å². The molecule has 2 aliphatic rings. The molecule has 4 aromatic heterocycles. The van der Waals surface area contributed by atoms with E-state index in [0.717, 1.165) is 119 Å². The summed E-state index contributed by atoms with van der Waals surface area (Å²) >= 11 is 12.3. The van der Waals surface area contributed by atoms with Crippen LogP contribution in [0.5, 0.6) is 0 Å². The van der Waals surface area contributed by atoms with Crippen LogP contribution in [0.1, 0.15) is 128 Å². The average molecular weight is 1260 g/mol. The highest BCUT2D eigenvalue weighted by Gasteiger charge is 2.32. The lowest BCUT2D eigenvalue weighted by atomic mass is 9.95. The summed E-state index contributed by atoms with van der Waals surface area (Å²) < 4.78 is 25.6. The Morgan fingerprint density at radius 1 is 0.618 bits per heavy atom. The molecule has 10 rings (SSSR count). The summed E-state index contributed by atoms with van der Waals surface area (Å²) in [7, 11) is 3.42. The van der Waals surface area contributed by atoms with Gasteiger partial charge in [0.25, 0.3) is 0 Å². The molecule has 0 spiro atoms. The molecule has 6 heterocycles. The Morgan fingerprint density at radius 3 is 1.55 bits per heavy atom. The van der Waals surface area contributed by atoms with E-state index < -0.39 is 41.4 Å². The van der Waals surface area contributed by atoms with Crippen LogP contribution >= 0.6 is 23.2 Å². The van der Waals surface area contributed by atoms with Crippen molar-refractivity contribution in [3.05, 3.63) is 142 Å². The van der Waals surface area contributed by atoms with Gasteiger partial charge in [0.15, 0.2) is 11.3 Å². The van der Waals surface area contributed by atoms with Crippen LogP contribution in [0.2, 0.25) is 10.3 Å². The van der Waals surface area contributed by atoms with Crippen molar-refractivity contribution < 1.29 is 43.2 Å². The fraction of sp³-hybridized carbons (Fsp3) is 0.471. The number of carboxylic acid groups (broad SMARTS) is 1. The molecule has 89 heavy (non-hydrogen) atoms. The number of piperidine rings is 2. The van der Waals surface area contributed by atoms with Gasteiger partial charge in [-0.15, -0.1) is 0 Å². The van der Waals surface area contributed by atoms with Crippen molar-refractivity contribution in [3.63, 3.8) is 0 Å². The zero-order chi connectivity index (χ0) is 63.7. The number of amides is 3. The fourth-order valence-corrected chi connectivity index (χ4v) is 11.7. The van der Waals surface area contributed by atoms with Crippen molar-refractivity contribution in [1.29, 1.82) is 0 Å². The van der Waals surface area contributed by atoms with Crippen molar-refractivity contribution in [1.82, 2.24) is 49.9 Å². The van der Waals surface area contributed by atoms with Gasteiger partial charge in [-0.2, -0.15) is 0 Å². The Labute approximate surface area is 531 Å². The van der Waals surface area contributed by atoms with Gasteiger partial charge >= 0.3 is 18.2 Å². The molecule has 2 fully saturated rings. The van der Waals surface area contributed by atoms with E-state index in [-0.39, 0.29) is 24.7 Å². The number of aryl methyl sites for hydroxylation is 2. The normalized spacial score (nSPS) is 16.0. The number of ether oxygens (including phenoxy) is 4. The number of likely N-dealkylation sites (tertiary alicyclic amines) is 1. The topological polar surface area (TPSA) is 226 Å². The number of aliphatic carboxylic acids is 1. The Hall–Kier alpha value is -7.42. The maximum Gasteiger partial charge on any atom is 0.407 e. The van der Waals surface area contributed by atoms with Gasteiger partial charge in [0, 0.05) is 90.5 Å². The van der Waals surface area contributed by atoms with Gasteiger partial charge in [-0.05, 0) is 156 Å². The fourth-order valence-electron chi connectivity index (χ4n) is 11.4. The number of benzene rings is 4. The standard InChI is InChI=1S/C34H42ClN5O4.C19H23NO4.C15H21ClN4O/c1-34(2,3)44-33(42)36-27(20-23-12-13-24-9-5-6-10-25(24)19-23)21-30(41)39-16-7-11-26(22-39)31-37-28-14-15-29(35)38-32(28)40(31)17-8-18-43-4;1-19(2,3)24-18(23)20-16(12-17(21)22)11-13-8-9-14-6-4-5-7-15(14)10-13;1-21-9-3-8-20-14(11-4-2-7-17-10-11)18-12-5-6-13(16)19-15(12)20/h5-6,9-10,12-15,19,26-27H,7-8,11,16-18,20-22H2,1-4H3,(H,36,42);4-10,16H,11-12H2,1-3H3,(H,20,23)(H,21,22);5-6,11,17H,2-4,7-10H2,1H3/t26?,27-;16-;/m11./s1. The van der Waals surface area contributed by atoms with E-state index in [4.69, 9.17) is 57.2 Å². The quantitative estimate of drug-likeness (QED) is 0.0411. The Balaban J connectivity index is 0.000000191. The van der Waals surface area contributed by atoms with E-state index in [0.29, 0.717) is 55.3 Å². The summed E-state index contributed by atoms with van der Waals surface area (Å²) in [4.78, 5) is 70.4. The molecule has 4 atom stereocenters. The van der Waals surface area contributed by atoms with E-state index >= 15 is 0 Å². The van der Waals surface area contributed by atoms with Crippen molar-refractivity contribution in [2.24, 2.45) is 0 Å². The van der Waals surface area contributed by atoms with Gasteiger partial charge in [0.05, 0.1) is 6.42 Å². The van der Waals surface area contributed by atoms with Gasteiger partial charge in [0.1, 0.15) is 44.2 Å². The van der Waals surface area contributed by atoms with Crippen LogP contribution in [-0.2, 0) is 54.5 Å². The molecule has 8 aromatic rings. The third-order valence-corrected chi connectivity index (χ3v) is 15.7. The molecule has 4 aromatic carbocycles. The van der Waals surface area contributed by atoms with Crippen molar-refractivity contribution in [2.45, 2.75) is 154 Å². The number of halogens is 2. The Morgan fingerprint density at radius 2 is 1.09 bits per heavy atom. The first-order chi connectivity index (χ1) is 42.6. The summed E-state index contributed by atoms with van der Waals surface area (Å²) in [5.41, 5.74) is 4.11. The molecule has 0 saturated carbocycles. The third-order valence-electron chi connectivity index (χ3n) is 15.3. The molecule has 0 bridgehead atoms. The number of nitrogens with one attached hydrogen (secondary N) is 3. The second-order valence-electron chi connectivity index (χ2n) is 24.9. The summed E-state index contributed by atoms with van der Waals surface area (Å²) in [6.45, 7) is 17.0. The number of methoxy groups -OCH3 is 2. The number of carbonyl (C=O) groups is 4. The highest BCUT2D eigenvalue weighted by atomic mass is 35.5. The Bertz CT molecular complexity index is 3670. The predicted molar refractivity (Wildman–Crippen MR) is 350 cm³/mol. The first kappa shape index (κ1) is 67.5. The molecule has 4 N–H and O–H groups in total. The van der Waals surface area contributed by atoms with Gasteiger partial charge in [-0.3, -0.25) is 9.59 Å². The average Bonchev–Trinajstić information content (AvgIpc) is 1.74. The first-order valence-electron chi connectivity index (χ1n) is 30.8. The third kappa shape index (κ3) is 20.3. The molecule has 2 saturated heterocycles. The van der Waals surface area contributed by atoms with Crippen LogP contribution in [-0.4, -0.2) is 140 Å². The van der Waals surface area contributed by atoms with Crippen LogP contribution < -0.4 is 16.0 Å². The number of carboxylic acids is 1. The first-order valence-corrected chi connectivity index (χ1v) is 31.6. The molecule has 476 valence electrons. The minimum Gasteiger partial charge on any atom is -0.481 e. The number of pyridine rings is 2. The minimum absolute atomic E-state index is 0.000221. The summed E-state index contributed by atoms with van der Waals surface area (Å²) in [6, 6.07) is 34.8. The molecular formula is C68H86Cl2N10O9. The zero-order valence-electron chi connectivity index (χ0n) is 52.5. The Kier molecular flexibility index (Phi) is 24.2. The number of hydrogen-bond acceptors (Lipinski definition) is 13. The molecule has 2 unspecified atom stereocenters. The van der Waals surface area contributed by atoms with Crippen LogP contribution in [0, 0.1) is 0 Å². The number of hydrogen-bond donors (Lipinski definition) is 4. The monoisotopic (exact) mass is 1260 g/mol. The lowest BCUT2D eigenvalue weighted by Crippen LogP contribution is -2.46. The smallest absolute Gasteiger partial charge is 0.407 e. The number of alkyl carbamates (subject to hydrolysis) is 2. The molecular weight excluding hydrogens is 1170 g/mol. The molecule has 3 amide bonds. The maximum absolute atomic E-state index is 13.8. The summed E-state index contributed by atoms with van der Waals surface area (Å²) in [5.74, 6) is 1.60. The molecule has 2 aliphatic heterocycles. The molecule has 19 nitrogen and oxygen atoms in total. The van der Waals surface area contributed by atoms with Crippen molar-refractivity contribution in [3.8, 4) is 0 Å². The minimum atomic E-state index is -0.961. The summed E-state index contributed by atoms with van der Waals surface area (Å²) in [6.07, 6.45) is 5.72. The van der Waals surface area contributed by atoms with Crippen LogP contribution in [0.4, 0.5) is 9.59 Å². The number of imidazole rings is 2. The predicted octanol–water partition coefficient (Wildman–Crippen LogP) is 12.8. The van der Waals surface area contributed by atoms with Crippen LogP contribution in [0.3, 0.4) is 0 Å². The molecule has 21 heteroatoms. The lowest BCUT2D eigenvalue weighted by Gasteiger charge is -2.34. The lowest BCUT2D eigenvalue weighted by molar-refractivity contribution is -0.137. The van der Waals surface area contributed by atoms with E-state index in [1.165, 1.54) is 12.8 Å². The second-order valence-corrected chi connectivity index (χ2v) is 25.6. The number of carbonyl (C=O) groups excluding carboxylic acids is 3. The zero-order valence-corrected chi connectivity index (χ0v) is 54.0. The van der Waals surface area contributed by atoms with Crippen LogP contribution in [0.25, 0.3) is 43.9 Å². The van der Waals surface area contributed by atoms with E-state index in [1.807, 2.05) is 92.4 Å². The largest absolute Gasteiger partial charge is 0.481 e. The number of aromatic nitrogens is 6. The molecule has 0 aliphatic carbocycles. The molecule has 0 radical (unpaired) electrons. The highest BCUT2D eigenvalue weighted by molar-refractivity contribution is 6.30. The second kappa shape index (κ2) is 31.8. The van der Waals surface area contributed by atoms with Gasteiger partial charge < -0.3 is 54.0 Å². The number of nitrogens with zero attached hydrogens (tertiary/aromatic N) is 7.